The van der Waals surface area contributed by atoms with Crippen molar-refractivity contribution in [3.63, 3.8) is 0 Å². The van der Waals surface area contributed by atoms with Crippen LogP contribution in [0.2, 0.25) is 0 Å². The first-order valence-corrected chi connectivity index (χ1v) is 26.4. The molecule has 1 aliphatic rings. The Kier molecular flexibility index (Phi) is 43.1. The molecule has 1 fully saturated rings. The van der Waals surface area contributed by atoms with Crippen molar-refractivity contribution in [3.8, 4) is 0 Å². The first-order valence-electron chi connectivity index (χ1n) is 26.4. The molecule has 0 spiro atoms. The van der Waals surface area contributed by atoms with E-state index in [4.69, 9.17) is 18.9 Å². The van der Waals surface area contributed by atoms with Crippen LogP contribution in [0, 0.1) is 0 Å². The summed E-state index contributed by atoms with van der Waals surface area (Å²) >= 11 is 0. The molecule has 9 heteroatoms. The molecular weight excluding hydrogens is 805 g/mol. The van der Waals surface area contributed by atoms with E-state index >= 15 is 0 Å². The normalized spacial score (nSPS) is 20.0. The number of hydrogen-bond acceptors (Lipinski definition) is 9. The first kappa shape index (κ1) is 59.9. The molecular formula is C55H98O9. The molecule has 0 aromatic rings. The Morgan fingerprint density at radius 1 is 0.516 bits per heavy atom. The van der Waals surface area contributed by atoms with Crippen LogP contribution in [0.1, 0.15) is 219 Å². The van der Waals surface area contributed by atoms with Crippen molar-refractivity contribution >= 4 is 5.97 Å². The third kappa shape index (κ3) is 36.1. The van der Waals surface area contributed by atoms with Crippen molar-refractivity contribution in [2.75, 3.05) is 26.4 Å². The van der Waals surface area contributed by atoms with Gasteiger partial charge in [0.25, 0.3) is 0 Å². The van der Waals surface area contributed by atoms with Crippen LogP contribution in [0.15, 0.2) is 60.8 Å². The van der Waals surface area contributed by atoms with Gasteiger partial charge in [0.1, 0.15) is 30.5 Å². The van der Waals surface area contributed by atoms with Crippen molar-refractivity contribution in [3.05, 3.63) is 60.8 Å². The maximum atomic E-state index is 12.9. The van der Waals surface area contributed by atoms with E-state index < -0.39 is 43.4 Å². The van der Waals surface area contributed by atoms with Crippen LogP contribution < -0.4 is 0 Å². The average Bonchev–Trinajstić information content (AvgIpc) is 3.30. The highest BCUT2D eigenvalue weighted by molar-refractivity contribution is 5.69. The van der Waals surface area contributed by atoms with Crippen LogP contribution in [0.5, 0.6) is 0 Å². The van der Waals surface area contributed by atoms with Gasteiger partial charge in [-0.25, -0.2) is 0 Å². The summed E-state index contributed by atoms with van der Waals surface area (Å²) in [6.07, 6.45) is 52.6. The van der Waals surface area contributed by atoms with Gasteiger partial charge in [0.2, 0.25) is 0 Å². The summed E-state index contributed by atoms with van der Waals surface area (Å²) < 4.78 is 22.9. The molecule has 0 amide bonds. The molecule has 0 aromatic heterocycles. The lowest BCUT2D eigenvalue weighted by Crippen LogP contribution is -2.59. The lowest BCUT2D eigenvalue weighted by molar-refractivity contribution is -0.305. The molecule has 1 rings (SSSR count). The summed E-state index contributed by atoms with van der Waals surface area (Å²) in [5.41, 5.74) is 0. The number of allylic oxidation sites excluding steroid dienone is 10. The van der Waals surface area contributed by atoms with Crippen LogP contribution in [0.4, 0.5) is 0 Å². The predicted octanol–water partition coefficient (Wildman–Crippen LogP) is 13.0. The number of carbonyl (C=O) groups is 1. The molecule has 64 heavy (non-hydrogen) atoms. The standard InChI is InChI=1S/C55H98O9/c1-3-5-7-9-11-13-15-17-19-21-22-23-24-25-26-27-28-29-30-32-34-36-38-40-42-44-51(57)63-49(48-62-55-54(60)53(59)52(58)50(46-56)64-55)47-61-45-43-41-39-37-35-33-31-20-18-16-14-12-10-8-6-4-2/h6,8,12,14-15,17-18,20-22,49-50,52-56,58-60H,3-5,7,9-11,13,16,19,23-48H2,1-2H3/b8-6-,14-12-,17-15-,20-18-,22-21-. The van der Waals surface area contributed by atoms with E-state index in [1.54, 1.807) is 0 Å². The summed E-state index contributed by atoms with van der Waals surface area (Å²) in [6, 6.07) is 0. The molecule has 0 aliphatic carbocycles. The summed E-state index contributed by atoms with van der Waals surface area (Å²) in [7, 11) is 0. The summed E-state index contributed by atoms with van der Waals surface area (Å²) in [5, 5.41) is 40.2. The average molecular weight is 903 g/mol. The summed E-state index contributed by atoms with van der Waals surface area (Å²) in [4.78, 5) is 12.9. The highest BCUT2D eigenvalue weighted by atomic mass is 16.7. The van der Waals surface area contributed by atoms with Gasteiger partial charge in [-0.05, 0) is 77.0 Å². The zero-order valence-corrected chi connectivity index (χ0v) is 41.0. The van der Waals surface area contributed by atoms with E-state index in [2.05, 4.69) is 74.6 Å². The van der Waals surface area contributed by atoms with Gasteiger partial charge in [-0.15, -0.1) is 0 Å². The molecule has 1 heterocycles. The van der Waals surface area contributed by atoms with Crippen LogP contribution in [-0.4, -0.2) is 89.6 Å². The molecule has 6 atom stereocenters. The molecule has 1 saturated heterocycles. The summed E-state index contributed by atoms with van der Waals surface area (Å²) in [5.74, 6) is -0.319. The molecule has 372 valence electrons. The van der Waals surface area contributed by atoms with E-state index in [-0.39, 0.29) is 19.2 Å². The fourth-order valence-corrected chi connectivity index (χ4v) is 7.83. The van der Waals surface area contributed by atoms with Crippen molar-refractivity contribution in [2.45, 2.75) is 256 Å². The number of esters is 1. The lowest BCUT2D eigenvalue weighted by Gasteiger charge is -2.39. The number of aliphatic hydroxyl groups is 4. The third-order valence-corrected chi connectivity index (χ3v) is 11.9. The molecule has 4 N–H and O–H groups in total. The highest BCUT2D eigenvalue weighted by Crippen LogP contribution is 2.23. The van der Waals surface area contributed by atoms with Gasteiger partial charge in [0.15, 0.2) is 6.29 Å². The Bertz CT molecular complexity index is 1160. The van der Waals surface area contributed by atoms with Crippen LogP contribution in [0.3, 0.4) is 0 Å². The number of hydrogen-bond donors (Lipinski definition) is 4. The van der Waals surface area contributed by atoms with E-state index in [0.717, 1.165) is 70.6 Å². The van der Waals surface area contributed by atoms with Crippen molar-refractivity contribution < 1.29 is 44.2 Å². The number of aliphatic hydroxyl groups excluding tert-OH is 4. The second-order valence-corrected chi connectivity index (χ2v) is 17.9. The van der Waals surface area contributed by atoms with Crippen LogP contribution in [-0.2, 0) is 23.7 Å². The Morgan fingerprint density at radius 3 is 1.44 bits per heavy atom. The van der Waals surface area contributed by atoms with Crippen molar-refractivity contribution in [1.82, 2.24) is 0 Å². The van der Waals surface area contributed by atoms with E-state index in [0.29, 0.717) is 13.0 Å². The lowest BCUT2D eigenvalue weighted by atomic mass is 9.99. The van der Waals surface area contributed by atoms with Gasteiger partial charge >= 0.3 is 5.97 Å². The SMILES string of the molecule is CC/C=C\C/C=C\C/C=C\CCCCCCCCOCC(COC1OC(CO)C(O)C(O)C1O)OC(=O)CCCCCCCCCCCCCCC/C=C\C/C=C\CCCCCCC. The van der Waals surface area contributed by atoms with E-state index in [9.17, 15) is 25.2 Å². The van der Waals surface area contributed by atoms with Gasteiger partial charge < -0.3 is 39.4 Å². The fourth-order valence-electron chi connectivity index (χ4n) is 7.83. The van der Waals surface area contributed by atoms with Crippen molar-refractivity contribution in [1.29, 1.82) is 0 Å². The minimum absolute atomic E-state index is 0.120. The zero-order chi connectivity index (χ0) is 46.4. The number of carbonyl (C=O) groups excluding carboxylic acids is 1. The molecule has 6 unspecified atom stereocenters. The fraction of sp³-hybridized carbons (Fsp3) is 0.800. The number of rotatable bonds is 45. The smallest absolute Gasteiger partial charge is 0.306 e. The quantitative estimate of drug-likeness (QED) is 0.0268. The number of ether oxygens (including phenoxy) is 4. The van der Waals surface area contributed by atoms with Gasteiger partial charge in [0.05, 0.1) is 19.8 Å². The largest absolute Gasteiger partial charge is 0.457 e. The van der Waals surface area contributed by atoms with E-state index in [1.165, 1.54) is 128 Å². The molecule has 0 saturated carbocycles. The predicted molar refractivity (Wildman–Crippen MR) is 265 cm³/mol. The second kappa shape index (κ2) is 46.0. The topological polar surface area (TPSA) is 135 Å². The molecule has 0 aromatic carbocycles. The zero-order valence-electron chi connectivity index (χ0n) is 41.0. The Labute approximate surface area is 392 Å². The monoisotopic (exact) mass is 903 g/mol. The maximum absolute atomic E-state index is 12.9. The Hall–Kier alpha value is -2.11. The molecule has 0 bridgehead atoms. The van der Waals surface area contributed by atoms with Crippen LogP contribution in [0.25, 0.3) is 0 Å². The Balaban J connectivity index is 2.18. The van der Waals surface area contributed by atoms with E-state index in [1.807, 2.05) is 0 Å². The maximum Gasteiger partial charge on any atom is 0.306 e. The highest BCUT2D eigenvalue weighted by Gasteiger charge is 2.44. The molecule has 9 nitrogen and oxygen atoms in total. The molecule has 1 aliphatic heterocycles. The number of unbranched alkanes of at least 4 members (excludes halogenated alkanes) is 24. The van der Waals surface area contributed by atoms with Gasteiger partial charge in [0, 0.05) is 13.0 Å². The third-order valence-electron chi connectivity index (χ3n) is 11.9. The van der Waals surface area contributed by atoms with Crippen molar-refractivity contribution in [2.24, 2.45) is 0 Å². The minimum atomic E-state index is -1.54. The Morgan fingerprint density at radius 2 is 0.953 bits per heavy atom. The van der Waals surface area contributed by atoms with Gasteiger partial charge in [-0.1, -0.05) is 197 Å². The second-order valence-electron chi connectivity index (χ2n) is 17.9. The van der Waals surface area contributed by atoms with Gasteiger partial charge in [-0.2, -0.15) is 0 Å². The minimum Gasteiger partial charge on any atom is -0.457 e. The molecule has 0 radical (unpaired) electrons. The van der Waals surface area contributed by atoms with Gasteiger partial charge in [-0.3, -0.25) is 4.79 Å². The van der Waals surface area contributed by atoms with Crippen LogP contribution >= 0.6 is 0 Å². The summed E-state index contributed by atoms with van der Waals surface area (Å²) in [6.45, 7) is 4.42. The first-order chi connectivity index (χ1) is 31.4.